The van der Waals surface area contributed by atoms with Crippen LogP contribution in [0.4, 0.5) is 5.69 Å². The number of ether oxygens (including phenoxy) is 1. The Morgan fingerprint density at radius 3 is 2.23 bits per heavy atom. The number of rotatable bonds is 10. The van der Waals surface area contributed by atoms with E-state index in [-0.39, 0.29) is 18.5 Å². The zero-order valence-corrected chi connectivity index (χ0v) is 23.2. The van der Waals surface area contributed by atoms with Gasteiger partial charge in [0, 0.05) is 16.2 Å². The van der Waals surface area contributed by atoms with Gasteiger partial charge in [-0.3, -0.25) is 13.9 Å². The van der Waals surface area contributed by atoms with Crippen LogP contribution < -0.4 is 14.4 Å². The Kier molecular flexibility index (Phi) is 9.40. The van der Waals surface area contributed by atoms with Crippen molar-refractivity contribution < 1.29 is 22.7 Å². The van der Waals surface area contributed by atoms with Gasteiger partial charge in [0.25, 0.3) is 0 Å². The summed E-state index contributed by atoms with van der Waals surface area (Å²) in [5.74, 6) is -0.0154. The van der Waals surface area contributed by atoms with Crippen LogP contribution >= 0.6 is 22.6 Å². The first-order valence-electron chi connectivity index (χ1n) is 11.5. The average Bonchev–Trinajstić information content (AvgIpc) is 3.34. The van der Waals surface area contributed by atoms with Gasteiger partial charge >= 0.3 is 0 Å². The molecule has 10 heteroatoms. The Morgan fingerprint density at radius 1 is 1.09 bits per heavy atom. The molecule has 8 nitrogen and oxygen atoms in total. The van der Waals surface area contributed by atoms with Crippen LogP contribution in [0.2, 0.25) is 0 Å². The number of nitrogens with zero attached hydrogens (tertiary/aromatic N) is 2. The summed E-state index contributed by atoms with van der Waals surface area (Å²) in [4.78, 5) is 28.1. The van der Waals surface area contributed by atoms with Crippen molar-refractivity contribution in [2.75, 3.05) is 24.2 Å². The van der Waals surface area contributed by atoms with Gasteiger partial charge < -0.3 is 15.0 Å². The van der Waals surface area contributed by atoms with Gasteiger partial charge in [-0.2, -0.15) is 0 Å². The van der Waals surface area contributed by atoms with Gasteiger partial charge in [0.2, 0.25) is 21.8 Å². The van der Waals surface area contributed by atoms with E-state index in [1.165, 1.54) is 4.90 Å². The smallest absolute Gasteiger partial charge is 0.244 e. The van der Waals surface area contributed by atoms with E-state index in [0.717, 1.165) is 45.4 Å². The van der Waals surface area contributed by atoms with Gasteiger partial charge in [-0.15, -0.1) is 0 Å². The lowest BCUT2D eigenvalue weighted by molar-refractivity contribution is -0.139. The maximum atomic E-state index is 13.6. The molecule has 0 saturated heterocycles. The topological polar surface area (TPSA) is 96.0 Å². The highest BCUT2D eigenvalue weighted by atomic mass is 127. The number of methoxy groups -OCH3 is 1. The number of hydrogen-bond donors (Lipinski definition) is 1. The van der Waals surface area contributed by atoms with E-state index in [4.69, 9.17) is 4.74 Å². The van der Waals surface area contributed by atoms with Gasteiger partial charge in [-0.05, 0) is 84.3 Å². The van der Waals surface area contributed by atoms with Crippen molar-refractivity contribution in [3.63, 3.8) is 0 Å². The fourth-order valence-corrected chi connectivity index (χ4v) is 5.33. The number of sulfonamides is 1. The quantitative estimate of drug-likeness (QED) is 0.414. The first-order chi connectivity index (χ1) is 16.6. The van der Waals surface area contributed by atoms with Crippen LogP contribution in [0.25, 0.3) is 0 Å². The van der Waals surface area contributed by atoms with Crippen LogP contribution in [-0.2, 0) is 26.2 Å². The van der Waals surface area contributed by atoms with Crippen LogP contribution in [0.3, 0.4) is 0 Å². The van der Waals surface area contributed by atoms with Crippen LogP contribution in [0.15, 0.2) is 48.5 Å². The summed E-state index contributed by atoms with van der Waals surface area (Å²) >= 11 is 2.13. The molecule has 0 aliphatic heterocycles. The van der Waals surface area contributed by atoms with Crippen molar-refractivity contribution >= 4 is 50.1 Å². The van der Waals surface area contributed by atoms with E-state index in [9.17, 15) is 18.0 Å². The van der Waals surface area contributed by atoms with E-state index in [0.29, 0.717) is 11.4 Å². The minimum atomic E-state index is -3.74. The standard InChI is InChI=1S/C25H32IN3O5S/c1-18(25(31)27-21-6-4-5-7-21)28(16-19-8-14-23(34-2)15-9-19)24(30)17-29(35(3,32)33)22-12-10-20(26)11-13-22/h8-15,18,21H,4-7,16-17H2,1-3H3,(H,27,31)/t18-/m1/s1. The van der Waals surface area contributed by atoms with E-state index in [2.05, 4.69) is 27.9 Å². The number of anilines is 1. The van der Waals surface area contributed by atoms with Gasteiger partial charge in [-0.1, -0.05) is 25.0 Å². The summed E-state index contributed by atoms with van der Waals surface area (Å²) in [5.41, 5.74) is 1.20. The lowest BCUT2D eigenvalue weighted by Gasteiger charge is -2.32. The summed E-state index contributed by atoms with van der Waals surface area (Å²) < 4.78 is 32.4. The molecule has 1 fully saturated rings. The molecule has 3 rings (SSSR count). The fourth-order valence-electron chi connectivity index (χ4n) is 4.12. The first kappa shape index (κ1) is 27.3. The highest BCUT2D eigenvalue weighted by Gasteiger charge is 2.31. The van der Waals surface area contributed by atoms with Crippen LogP contribution in [0.1, 0.15) is 38.2 Å². The summed E-state index contributed by atoms with van der Waals surface area (Å²) in [6.07, 6.45) is 5.09. The lowest BCUT2D eigenvalue weighted by atomic mass is 10.1. The third-order valence-electron chi connectivity index (χ3n) is 6.17. The highest BCUT2D eigenvalue weighted by Crippen LogP contribution is 2.22. The van der Waals surface area contributed by atoms with Crippen LogP contribution in [0, 0.1) is 3.57 Å². The van der Waals surface area contributed by atoms with E-state index >= 15 is 0 Å². The Labute approximate surface area is 221 Å². The average molecular weight is 614 g/mol. The molecule has 0 heterocycles. The Morgan fingerprint density at radius 2 is 1.69 bits per heavy atom. The molecule has 1 aliphatic carbocycles. The van der Waals surface area contributed by atoms with Crippen molar-refractivity contribution in [3.05, 3.63) is 57.7 Å². The molecule has 1 N–H and O–H groups in total. The molecule has 1 atom stereocenters. The highest BCUT2D eigenvalue weighted by molar-refractivity contribution is 14.1. The number of amides is 2. The molecule has 0 unspecified atom stereocenters. The first-order valence-corrected chi connectivity index (χ1v) is 14.5. The molecule has 2 aromatic carbocycles. The predicted molar refractivity (Wildman–Crippen MR) is 145 cm³/mol. The maximum absolute atomic E-state index is 13.6. The van der Waals surface area contributed by atoms with Crippen molar-refractivity contribution in [2.45, 2.75) is 51.2 Å². The SMILES string of the molecule is COc1ccc(CN(C(=O)CN(c2ccc(I)cc2)S(C)(=O)=O)[C@H](C)C(=O)NC2CCCC2)cc1. The predicted octanol–water partition coefficient (Wildman–Crippen LogP) is 3.54. The molecule has 0 aromatic heterocycles. The largest absolute Gasteiger partial charge is 0.497 e. The van der Waals surface area contributed by atoms with Crippen molar-refractivity contribution in [3.8, 4) is 5.75 Å². The fraction of sp³-hybridized carbons (Fsp3) is 0.440. The van der Waals surface area contributed by atoms with Gasteiger partial charge in [0.05, 0.1) is 19.1 Å². The summed E-state index contributed by atoms with van der Waals surface area (Å²) in [6.45, 7) is 1.43. The van der Waals surface area contributed by atoms with Crippen LogP contribution in [-0.4, -0.2) is 57.1 Å². The van der Waals surface area contributed by atoms with E-state index in [1.807, 2.05) is 12.1 Å². The van der Waals surface area contributed by atoms with Crippen molar-refractivity contribution in [1.29, 1.82) is 0 Å². The molecule has 1 saturated carbocycles. The van der Waals surface area contributed by atoms with Crippen LogP contribution in [0.5, 0.6) is 5.75 Å². The number of nitrogens with one attached hydrogen (secondary N) is 1. The number of carbonyl (C=O) groups is 2. The Hall–Kier alpha value is -2.34. The van der Waals surface area contributed by atoms with E-state index in [1.54, 1.807) is 50.4 Å². The molecule has 190 valence electrons. The minimum absolute atomic E-state index is 0.113. The molecule has 0 spiro atoms. The molecule has 0 radical (unpaired) electrons. The molecule has 0 bridgehead atoms. The molecule has 2 aromatic rings. The molecule has 2 amide bonds. The second-order valence-corrected chi connectivity index (χ2v) is 11.9. The van der Waals surface area contributed by atoms with Crippen molar-refractivity contribution in [1.82, 2.24) is 10.2 Å². The lowest BCUT2D eigenvalue weighted by Crippen LogP contribution is -2.52. The second kappa shape index (κ2) is 12.1. The summed E-state index contributed by atoms with van der Waals surface area (Å²) in [5, 5.41) is 3.05. The second-order valence-electron chi connectivity index (χ2n) is 8.78. The number of halogens is 1. The van der Waals surface area contributed by atoms with Gasteiger partial charge in [0.15, 0.2) is 0 Å². The third-order valence-corrected chi connectivity index (χ3v) is 8.03. The zero-order chi connectivity index (χ0) is 25.6. The summed E-state index contributed by atoms with van der Waals surface area (Å²) in [6, 6.07) is 13.5. The maximum Gasteiger partial charge on any atom is 0.244 e. The summed E-state index contributed by atoms with van der Waals surface area (Å²) in [7, 11) is -2.17. The molecular weight excluding hydrogens is 581 g/mol. The third kappa shape index (κ3) is 7.57. The number of carbonyl (C=O) groups excluding carboxylic acids is 2. The van der Waals surface area contributed by atoms with Gasteiger partial charge in [0.1, 0.15) is 18.3 Å². The molecule has 35 heavy (non-hydrogen) atoms. The van der Waals surface area contributed by atoms with Crippen molar-refractivity contribution in [2.24, 2.45) is 0 Å². The Balaban J connectivity index is 1.86. The minimum Gasteiger partial charge on any atom is -0.497 e. The molecular formula is C25H32IN3O5S. The zero-order valence-electron chi connectivity index (χ0n) is 20.2. The Bertz CT molecular complexity index is 1120. The monoisotopic (exact) mass is 613 g/mol. The number of hydrogen-bond acceptors (Lipinski definition) is 5. The van der Waals surface area contributed by atoms with Gasteiger partial charge in [-0.25, -0.2) is 8.42 Å². The number of benzene rings is 2. The van der Waals surface area contributed by atoms with E-state index < -0.39 is 28.5 Å². The normalized spacial score (nSPS) is 14.9. The molecule has 1 aliphatic rings.